The standard InChI is InChI=1S/C8H7O2/c9-7-4-6-2-1-5(7)3-8(6)10/h1-3,5-6H,4H2/q+1. The zero-order chi connectivity index (χ0) is 7.14. The third kappa shape index (κ3) is 0.618. The summed E-state index contributed by atoms with van der Waals surface area (Å²) in [5.41, 5.74) is 0. The van der Waals surface area contributed by atoms with Gasteiger partial charge in [0.2, 0.25) is 0 Å². The SMILES string of the molecule is O=C1CC2C=CC1[CH+]C2=O. The Balaban J connectivity index is 2.36. The van der Waals surface area contributed by atoms with Crippen LogP contribution in [0.1, 0.15) is 6.42 Å². The molecular weight excluding hydrogens is 128 g/mol. The second-order valence-electron chi connectivity index (χ2n) is 2.76. The van der Waals surface area contributed by atoms with E-state index in [1.54, 1.807) is 0 Å². The fourth-order valence-corrected chi connectivity index (χ4v) is 1.43. The fourth-order valence-electron chi connectivity index (χ4n) is 1.43. The zero-order valence-electron chi connectivity index (χ0n) is 5.41. The van der Waals surface area contributed by atoms with E-state index >= 15 is 0 Å². The van der Waals surface area contributed by atoms with Crippen LogP contribution in [0.4, 0.5) is 0 Å². The lowest BCUT2D eigenvalue weighted by atomic mass is 9.74. The van der Waals surface area contributed by atoms with Gasteiger partial charge in [-0.1, -0.05) is 6.08 Å². The molecule has 0 aromatic rings. The molecule has 0 aliphatic heterocycles. The molecule has 2 unspecified atom stereocenters. The lowest BCUT2D eigenvalue weighted by Gasteiger charge is -2.19. The summed E-state index contributed by atoms with van der Waals surface area (Å²) in [6.45, 7) is 0. The van der Waals surface area contributed by atoms with E-state index in [2.05, 4.69) is 0 Å². The minimum Gasteiger partial charge on any atom is -0.294 e. The molecule has 2 heteroatoms. The summed E-state index contributed by atoms with van der Waals surface area (Å²) in [6, 6.07) is 0. The number of allylic oxidation sites excluding steroid dienone is 2. The van der Waals surface area contributed by atoms with E-state index in [9.17, 15) is 9.59 Å². The first-order chi connectivity index (χ1) is 4.77. The van der Waals surface area contributed by atoms with Crippen LogP contribution in [0.15, 0.2) is 12.2 Å². The lowest BCUT2D eigenvalue weighted by molar-refractivity contribution is -0.131. The van der Waals surface area contributed by atoms with Gasteiger partial charge in [-0.3, -0.25) is 4.79 Å². The van der Waals surface area contributed by atoms with Crippen molar-refractivity contribution in [3.63, 3.8) is 0 Å². The summed E-state index contributed by atoms with van der Waals surface area (Å²) in [5.74, 6) is -0.0193. The van der Waals surface area contributed by atoms with E-state index in [0.29, 0.717) is 6.42 Å². The topological polar surface area (TPSA) is 34.1 Å². The molecule has 0 radical (unpaired) electrons. The largest absolute Gasteiger partial charge is 0.314 e. The van der Waals surface area contributed by atoms with Crippen LogP contribution >= 0.6 is 0 Å². The first-order valence-corrected chi connectivity index (χ1v) is 3.37. The molecule has 2 atom stereocenters. The van der Waals surface area contributed by atoms with Crippen molar-refractivity contribution in [3.8, 4) is 0 Å². The van der Waals surface area contributed by atoms with Crippen molar-refractivity contribution < 1.29 is 9.59 Å². The van der Waals surface area contributed by atoms with Crippen LogP contribution in [0.3, 0.4) is 0 Å². The van der Waals surface area contributed by atoms with Gasteiger partial charge < -0.3 is 0 Å². The Bertz CT molecular complexity index is 203. The number of hydrogen-bond donors (Lipinski definition) is 0. The molecule has 2 bridgehead atoms. The minimum atomic E-state index is -0.197. The number of ketones is 2. The van der Waals surface area contributed by atoms with Gasteiger partial charge in [0.15, 0.2) is 18.1 Å². The molecule has 0 aromatic carbocycles. The minimum absolute atomic E-state index is 0.118. The molecule has 0 saturated heterocycles. The van der Waals surface area contributed by atoms with Gasteiger partial charge in [0.25, 0.3) is 0 Å². The number of Topliss-reactive ketones (excluding diaryl/α,β-unsaturated/α-hetero) is 2. The Labute approximate surface area is 58.9 Å². The highest BCUT2D eigenvalue weighted by Gasteiger charge is 2.44. The van der Waals surface area contributed by atoms with Crippen LogP contribution in [0.25, 0.3) is 0 Å². The summed E-state index contributed by atoms with van der Waals surface area (Å²) < 4.78 is 0. The number of carbonyl (C=O) groups excluding carboxylic acids is 2. The molecule has 50 valence electrons. The molecule has 0 aromatic heterocycles. The summed E-state index contributed by atoms with van der Waals surface area (Å²) in [6.07, 6.45) is 5.61. The lowest BCUT2D eigenvalue weighted by Crippen LogP contribution is -2.34. The summed E-state index contributed by atoms with van der Waals surface area (Å²) in [7, 11) is 0. The van der Waals surface area contributed by atoms with Crippen molar-refractivity contribution in [2.75, 3.05) is 0 Å². The summed E-state index contributed by atoms with van der Waals surface area (Å²) >= 11 is 0. The first-order valence-electron chi connectivity index (χ1n) is 3.37. The maximum Gasteiger partial charge on any atom is 0.314 e. The molecule has 3 aliphatic rings. The normalized spacial score (nSPS) is 36.4. The molecule has 1 fully saturated rings. The number of rotatable bonds is 0. The molecule has 0 N–H and O–H groups in total. The molecular formula is C8H7O2+. The monoisotopic (exact) mass is 135 g/mol. The highest BCUT2D eigenvalue weighted by atomic mass is 16.1. The number of carbonyl (C=O) groups is 2. The van der Waals surface area contributed by atoms with Gasteiger partial charge in [0.1, 0.15) is 0 Å². The van der Waals surface area contributed by atoms with E-state index in [0.717, 1.165) is 0 Å². The van der Waals surface area contributed by atoms with Crippen LogP contribution in [0.2, 0.25) is 0 Å². The molecule has 0 spiro atoms. The maximum atomic E-state index is 11.0. The van der Waals surface area contributed by atoms with E-state index in [4.69, 9.17) is 0 Å². The summed E-state index contributed by atoms with van der Waals surface area (Å²) in [5, 5.41) is 0. The van der Waals surface area contributed by atoms with Crippen LogP contribution in [0, 0.1) is 18.3 Å². The Morgan fingerprint density at radius 2 is 2.20 bits per heavy atom. The van der Waals surface area contributed by atoms with Crippen molar-refractivity contribution >= 4 is 11.6 Å². The highest BCUT2D eigenvalue weighted by Crippen LogP contribution is 2.29. The molecule has 0 heterocycles. The fraction of sp³-hybridized carbons (Fsp3) is 0.375. The van der Waals surface area contributed by atoms with E-state index in [1.165, 1.54) is 6.42 Å². The van der Waals surface area contributed by atoms with Crippen molar-refractivity contribution in [1.29, 1.82) is 0 Å². The van der Waals surface area contributed by atoms with E-state index in [-0.39, 0.29) is 23.4 Å². The van der Waals surface area contributed by atoms with Gasteiger partial charge in [-0.05, 0) is 6.08 Å². The second-order valence-corrected chi connectivity index (χ2v) is 2.76. The van der Waals surface area contributed by atoms with Gasteiger partial charge in [-0.25, -0.2) is 4.79 Å². The van der Waals surface area contributed by atoms with Crippen molar-refractivity contribution in [1.82, 2.24) is 0 Å². The summed E-state index contributed by atoms with van der Waals surface area (Å²) in [4.78, 5) is 21.9. The van der Waals surface area contributed by atoms with Gasteiger partial charge in [0.05, 0.1) is 5.92 Å². The second kappa shape index (κ2) is 1.72. The zero-order valence-corrected chi connectivity index (χ0v) is 5.41. The van der Waals surface area contributed by atoms with Gasteiger partial charge >= 0.3 is 5.78 Å². The van der Waals surface area contributed by atoms with Crippen LogP contribution in [-0.2, 0) is 9.59 Å². The molecule has 0 amide bonds. The molecule has 2 nitrogen and oxygen atoms in total. The molecule has 10 heavy (non-hydrogen) atoms. The third-order valence-corrected chi connectivity index (χ3v) is 2.05. The van der Waals surface area contributed by atoms with Gasteiger partial charge in [-0.15, -0.1) is 0 Å². The van der Waals surface area contributed by atoms with Gasteiger partial charge in [-0.2, -0.15) is 0 Å². The van der Waals surface area contributed by atoms with Gasteiger partial charge in [0, 0.05) is 6.42 Å². The first kappa shape index (κ1) is 5.71. The Morgan fingerprint density at radius 1 is 1.40 bits per heavy atom. The maximum absolute atomic E-state index is 11.0. The Morgan fingerprint density at radius 3 is 2.50 bits per heavy atom. The highest BCUT2D eigenvalue weighted by molar-refractivity contribution is 6.05. The van der Waals surface area contributed by atoms with E-state index in [1.807, 2.05) is 12.2 Å². The predicted molar refractivity (Wildman–Crippen MR) is 35.1 cm³/mol. The Kier molecular flexibility index (Phi) is 0.982. The molecule has 3 rings (SSSR count). The number of hydrogen-bond acceptors (Lipinski definition) is 2. The third-order valence-electron chi connectivity index (χ3n) is 2.05. The average molecular weight is 135 g/mol. The smallest absolute Gasteiger partial charge is 0.294 e. The molecule has 3 aliphatic carbocycles. The van der Waals surface area contributed by atoms with Crippen molar-refractivity contribution in [3.05, 3.63) is 18.6 Å². The number of fused-ring (bicyclic) bond motifs is 2. The van der Waals surface area contributed by atoms with Crippen LogP contribution < -0.4 is 0 Å². The van der Waals surface area contributed by atoms with E-state index < -0.39 is 0 Å². The van der Waals surface area contributed by atoms with Crippen molar-refractivity contribution in [2.24, 2.45) is 11.8 Å². The quantitative estimate of drug-likeness (QED) is 0.358. The van der Waals surface area contributed by atoms with Crippen LogP contribution in [-0.4, -0.2) is 11.6 Å². The molecule has 1 saturated carbocycles. The predicted octanol–water partition coefficient (Wildman–Crippen LogP) is 0.535. The Hall–Kier alpha value is -1.05. The average Bonchev–Trinajstić information content (AvgIpc) is 1.91. The van der Waals surface area contributed by atoms with Crippen LogP contribution in [0.5, 0.6) is 0 Å². The van der Waals surface area contributed by atoms with Crippen molar-refractivity contribution in [2.45, 2.75) is 6.42 Å².